The third-order valence-corrected chi connectivity index (χ3v) is 16.0. The van der Waals surface area contributed by atoms with Crippen molar-refractivity contribution in [1.82, 2.24) is 0 Å². The van der Waals surface area contributed by atoms with Gasteiger partial charge in [0.25, 0.3) is 5.79 Å². The van der Waals surface area contributed by atoms with E-state index in [9.17, 15) is 19.2 Å². The predicted molar refractivity (Wildman–Crippen MR) is 203 cm³/mol. The predicted octanol–water partition coefficient (Wildman–Crippen LogP) is 6.73. The van der Waals surface area contributed by atoms with Gasteiger partial charge in [0.15, 0.2) is 12.2 Å². The van der Waals surface area contributed by atoms with Crippen LogP contribution < -0.4 is 4.74 Å². The van der Waals surface area contributed by atoms with E-state index in [1.165, 1.54) is 21.0 Å². The second kappa shape index (κ2) is 19.4. The summed E-state index contributed by atoms with van der Waals surface area (Å²) in [5, 5.41) is 0. The summed E-state index contributed by atoms with van der Waals surface area (Å²) in [6, 6.07) is 13.1. The first-order chi connectivity index (χ1) is 25.4. The molecule has 13 heteroatoms. The highest BCUT2D eigenvalue weighted by Gasteiger charge is 2.63. The molecule has 54 heavy (non-hydrogen) atoms. The third kappa shape index (κ3) is 10.5. The van der Waals surface area contributed by atoms with Gasteiger partial charge in [0.1, 0.15) is 26.5 Å². The van der Waals surface area contributed by atoms with E-state index >= 15 is 0 Å². The molecule has 0 aromatic heterocycles. The summed E-state index contributed by atoms with van der Waals surface area (Å²) in [5.41, 5.74) is 7.82. The molecule has 1 aliphatic rings. The van der Waals surface area contributed by atoms with Crippen LogP contribution in [0.2, 0.25) is 16.6 Å². The molecule has 0 bridgehead atoms. The Bertz CT molecular complexity index is 1650. The van der Waals surface area contributed by atoms with Crippen LogP contribution >= 0.6 is 0 Å². The van der Waals surface area contributed by atoms with Crippen LogP contribution in [0, 0.1) is 11.5 Å². The quantitative estimate of drug-likeness (QED) is 0.0474. The highest BCUT2D eigenvalue weighted by atomic mass is 28.3. The molecule has 0 saturated carbocycles. The average Bonchev–Trinajstić information content (AvgIpc) is 3.07. The molecule has 2 aromatic carbocycles. The molecule has 0 amide bonds. The number of carbonyl (C=O) groups excluding carboxylic acids is 4. The van der Waals surface area contributed by atoms with E-state index in [-0.39, 0.29) is 0 Å². The second-order valence-corrected chi connectivity index (χ2v) is 19.9. The number of esters is 4. The van der Waals surface area contributed by atoms with Crippen molar-refractivity contribution < 1.29 is 57.4 Å². The van der Waals surface area contributed by atoms with Gasteiger partial charge in [-0.05, 0) is 65.4 Å². The van der Waals surface area contributed by atoms with Gasteiger partial charge in [-0.2, -0.15) is 4.89 Å². The van der Waals surface area contributed by atoms with Gasteiger partial charge < -0.3 is 28.4 Å². The lowest BCUT2D eigenvalue weighted by atomic mass is 9.85. The first-order valence-electron chi connectivity index (χ1n) is 18.3. The van der Waals surface area contributed by atoms with Crippen molar-refractivity contribution in [1.29, 1.82) is 0 Å². The smallest absolute Gasteiger partial charge is 0.303 e. The lowest BCUT2D eigenvalue weighted by Gasteiger charge is -2.49. The molecule has 1 aliphatic heterocycles. The van der Waals surface area contributed by atoms with Crippen LogP contribution in [0.25, 0.3) is 0 Å². The van der Waals surface area contributed by atoms with Crippen LogP contribution in [0.4, 0.5) is 0 Å². The van der Waals surface area contributed by atoms with Gasteiger partial charge >= 0.3 is 23.9 Å². The summed E-state index contributed by atoms with van der Waals surface area (Å²) < 4.78 is 34.7. The first-order valence-corrected chi connectivity index (χ1v) is 20.6. The fourth-order valence-electron chi connectivity index (χ4n) is 7.51. The standard InChI is InChI=1S/C41H56O12Si/c1-13-47-36-18-14-32(15-19-36)22-34-23-35(17-16-33(34)20-21-54(25(2)3,26(4)5)27(6)7)41(53-46-12)40(51-31(11)45)39(50-30(10)44)38(49-29(9)43)37(52-41)24-48-28(8)42/h14-19,23,25-27,37-40H,13,22,24H2,1-12H3/t37-,38-,39+,40-,41?/m1/s1. The van der Waals surface area contributed by atoms with Gasteiger partial charge in [0, 0.05) is 38.8 Å². The molecule has 296 valence electrons. The van der Waals surface area contributed by atoms with E-state index in [4.69, 9.17) is 38.2 Å². The van der Waals surface area contributed by atoms with Crippen LogP contribution in [0.1, 0.15) is 98.4 Å². The molecule has 2 aromatic rings. The normalized spacial score (nSPS) is 21.2. The van der Waals surface area contributed by atoms with Crippen LogP contribution in [0.3, 0.4) is 0 Å². The highest BCUT2D eigenvalue weighted by molar-refractivity contribution is 6.90. The minimum absolute atomic E-state index is 0.299. The van der Waals surface area contributed by atoms with E-state index < -0.39 is 68.8 Å². The molecule has 0 N–H and O–H groups in total. The van der Waals surface area contributed by atoms with Gasteiger partial charge in [0.2, 0.25) is 6.10 Å². The molecule has 3 rings (SSSR count). The monoisotopic (exact) mass is 768 g/mol. The minimum Gasteiger partial charge on any atom is -0.494 e. The van der Waals surface area contributed by atoms with E-state index in [1.54, 1.807) is 6.07 Å². The van der Waals surface area contributed by atoms with Crippen LogP contribution in [0.5, 0.6) is 5.75 Å². The molecule has 0 aliphatic carbocycles. The van der Waals surface area contributed by atoms with Crippen molar-refractivity contribution in [2.45, 2.75) is 129 Å². The Balaban J connectivity index is 2.40. The maximum absolute atomic E-state index is 12.8. The summed E-state index contributed by atoms with van der Waals surface area (Å²) in [5.74, 6) is -0.777. The zero-order chi connectivity index (χ0) is 40.4. The summed E-state index contributed by atoms with van der Waals surface area (Å²) in [4.78, 5) is 61.0. The summed E-state index contributed by atoms with van der Waals surface area (Å²) in [7, 11) is -0.914. The van der Waals surface area contributed by atoms with Gasteiger partial charge in [0.05, 0.1) is 13.7 Å². The second-order valence-electron chi connectivity index (χ2n) is 14.3. The van der Waals surface area contributed by atoms with E-state index in [2.05, 4.69) is 53.0 Å². The number of rotatable bonds is 15. The van der Waals surface area contributed by atoms with Crippen LogP contribution in [0.15, 0.2) is 42.5 Å². The van der Waals surface area contributed by atoms with Gasteiger partial charge in [-0.25, -0.2) is 4.89 Å². The van der Waals surface area contributed by atoms with E-state index in [0.29, 0.717) is 35.2 Å². The third-order valence-electron chi connectivity index (χ3n) is 9.66. The highest BCUT2D eigenvalue weighted by Crippen LogP contribution is 2.45. The van der Waals surface area contributed by atoms with Crippen molar-refractivity contribution in [2.75, 3.05) is 20.3 Å². The first kappa shape index (κ1) is 44.2. The number of benzene rings is 2. The molecular weight excluding hydrogens is 713 g/mol. The number of carbonyl (C=O) groups is 4. The van der Waals surface area contributed by atoms with Crippen molar-refractivity contribution in [2.24, 2.45) is 0 Å². The van der Waals surface area contributed by atoms with Crippen molar-refractivity contribution in [3.63, 3.8) is 0 Å². The number of hydrogen-bond donors (Lipinski definition) is 0. The van der Waals surface area contributed by atoms with Gasteiger partial charge in [-0.1, -0.05) is 65.7 Å². The molecule has 0 spiro atoms. The van der Waals surface area contributed by atoms with Crippen molar-refractivity contribution >= 4 is 32.0 Å². The lowest BCUT2D eigenvalue weighted by Crippen LogP contribution is -2.67. The topological polar surface area (TPSA) is 142 Å². The Morgan fingerprint density at radius 3 is 1.87 bits per heavy atom. The maximum Gasteiger partial charge on any atom is 0.303 e. The lowest BCUT2D eigenvalue weighted by molar-refractivity contribution is -0.479. The number of hydrogen-bond acceptors (Lipinski definition) is 12. The van der Waals surface area contributed by atoms with E-state index in [1.807, 2.05) is 43.3 Å². The molecule has 12 nitrogen and oxygen atoms in total. The maximum atomic E-state index is 12.8. The fourth-order valence-corrected chi connectivity index (χ4v) is 12.7. The van der Waals surface area contributed by atoms with Gasteiger partial charge in [-0.3, -0.25) is 19.2 Å². The SMILES string of the molecule is CCOc1ccc(Cc2cc(C3(OOC)O[C@H](COC(C)=O)[C@@H](OC(C)=O)[C@H](OC(C)=O)[C@H]3OC(C)=O)ccc2C#C[Si](C(C)C)(C(C)C)C(C)C)cc1. The molecule has 1 unspecified atom stereocenters. The Kier molecular flexibility index (Phi) is 15.9. The molecule has 1 saturated heterocycles. The van der Waals surface area contributed by atoms with Gasteiger partial charge in [-0.15, -0.1) is 5.54 Å². The minimum atomic E-state index is -2.15. The molecular formula is C41H56O12Si. The Labute approximate surface area is 320 Å². The largest absolute Gasteiger partial charge is 0.494 e. The molecule has 5 atom stereocenters. The van der Waals surface area contributed by atoms with Crippen molar-refractivity contribution in [3.8, 4) is 17.2 Å². The molecule has 1 fully saturated rings. The Morgan fingerprint density at radius 1 is 0.796 bits per heavy atom. The number of ether oxygens (including phenoxy) is 6. The zero-order valence-electron chi connectivity index (χ0n) is 33.6. The fraction of sp³-hybridized carbons (Fsp3) is 0.561. The summed E-state index contributed by atoms with van der Waals surface area (Å²) in [6.07, 6.45) is -5.34. The van der Waals surface area contributed by atoms with Crippen molar-refractivity contribution in [3.05, 3.63) is 64.7 Å². The zero-order valence-corrected chi connectivity index (χ0v) is 34.6. The summed E-state index contributed by atoms with van der Waals surface area (Å²) >= 11 is 0. The average molecular weight is 769 g/mol. The molecule has 1 heterocycles. The van der Waals surface area contributed by atoms with Crippen LogP contribution in [-0.4, -0.2) is 76.7 Å². The van der Waals surface area contributed by atoms with E-state index in [0.717, 1.165) is 36.3 Å². The summed E-state index contributed by atoms with van der Waals surface area (Å²) in [6.45, 7) is 20.2. The Morgan fingerprint density at radius 2 is 1.37 bits per heavy atom. The van der Waals surface area contributed by atoms with Crippen LogP contribution in [-0.2, 0) is 64.8 Å². The molecule has 0 radical (unpaired) electrons. The Hall–Kier alpha value is -4.22.